The van der Waals surface area contributed by atoms with Gasteiger partial charge in [0.25, 0.3) is 0 Å². The van der Waals surface area contributed by atoms with Gasteiger partial charge in [0.2, 0.25) is 11.8 Å². The first-order chi connectivity index (χ1) is 6.74. The summed E-state index contributed by atoms with van der Waals surface area (Å²) in [6, 6.07) is -0.144. The maximum Gasteiger partial charge on any atom is 0.239 e. The molecule has 1 atom stereocenters. The van der Waals surface area contributed by atoms with Crippen molar-refractivity contribution >= 4 is 23.6 Å². The molecule has 80 valence electrons. The van der Waals surface area contributed by atoms with Crippen molar-refractivity contribution in [2.75, 3.05) is 24.7 Å². The van der Waals surface area contributed by atoms with E-state index in [2.05, 4.69) is 16.0 Å². The van der Waals surface area contributed by atoms with Crippen molar-refractivity contribution in [3.63, 3.8) is 0 Å². The fourth-order valence-corrected chi connectivity index (χ4v) is 2.06. The molecule has 2 amide bonds. The Labute approximate surface area is 87.4 Å². The van der Waals surface area contributed by atoms with E-state index in [0.29, 0.717) is 6.54 Å². The summed E-state index contributed by atoms with van der Waals surface area (Å²) in [5, 5.41) is 8.23. The van der Waals surface area contributed by atoms with Crippen LogP contribution in [0.15, 0.2) is 0 Å². The Kier molecular flexibility index (Phi) is 4.75. The molecule has 14 heavy (non-hydrogen) atoms. The van der Waals surface area contributed by atoms with Crippen molar-refractivity contribution in [2.45, 2.75) is 13.0 Å². The van der Waals surface area contributed by atoms with Gasteiger partial charge in [-0.1, -0.05) is 0 Å². The van der Waals surface area contributed by atoms with Crippen molar-refractivity contribution in [1.29, 1.82) is 0 Å². The second-order valence-corrected chi connectivity index (χ2v) is 3.97. The molecule has 6 heteroatoms. The normalized spacial score (nSPS) is 20.5. The van der Waals surface area contributed by atoms with E-state index in [1.807, 2.05) is 6.92 Å². The van der Waals surface area contributed by atoms with E-state index in [1.165, 1.54) is 0 Å². The summed E-state index contributed by atoms with van der Waals surface area (Å²) in [5.41, 5.74) is 0. The van der Waals surface area contributed by atoms with E-state index in [9.17, 15) is 9.59 Å². The maximum absolute atomic E-state index is 11.4. The van der Waals surface area contributed by atoms with Crippen LogP contribution in [-0.2, 0) is 9.59 Å². The van der Waals surface area contributed by atoms with Crippen LogP contribution in [0.2, 0.25) is 0 Å². The predicted octanol–water partition coefficient (Wildman–Crippen LogP) is -1.10. The molecule has 1 saturated heterocycles. The quantitative estimate of drug-likeness (QED) is 0.559. The van der Waals surface area contributed by atoms with E-state index in [-0.39, 0.29) is 24.4 Å². The Bertz CT molecular complexity index is 217. The molecular formula is C8H15N3O2S. The average molecular weight is 217 g/mol. The smallest absolute Gasteiger partial charge is 0.239 e. The van der Waals surface area contributed by atoms with Gasteiger partial charge in [0, 0.05) is 18.2 Å². The zero-order valence-corrected chi connectivity index (χ0v) is 8.95. The third kappa shape index (κ3) is 3.55. The Balaban J connectivity index is 2.17. The van der Waals surface area contributed by atoms with E-state index in [4.69, 9.17) is 0 Å². The third-order valence-electron chi connectivity index (χ3n) is 1.83. The largest absolute Gasteiger partial charge is 0.355 e. The molecule has 0 aromatic carbocycles. The Hall–Kier alpha value is -0.750. The summed E-state index contributed by atoms with van der Waals surface area (Å²) < 4.78 is 0. The lowest BCUT2D eigenvalue weighted by Gasteiger charge is -2.09. The minimum absolute atomic E-state index is 0.0650. The summed E-state index contributed by atoms with van der Waals surface area (Å²) in [7, 11) is 0. The summed E-state index contributed by atoms with van der Waals surface area (Å²) >= 11 is 1.68. The zero-order chi connectivity index (χ0) is 10.4. The van der Waals surface area contributed by atoms with Crippen LogP contribution in [-0.4, -0.2) is 42.6 Å². The molecule has 1 rings (SSSR count). The van der Waals surface area contributed by atoms with Crippen LogP contribution >= 0.6 is 11.8 Å². The molecule has 3 N–H and O–H groups in total. The molecule has 0 aromatic rings. The van der Waals surface area contributed by atoms with Crippen molar-refractivity contribution in [2.24, 2.45) is 0 Å². The van der Waals surface area contributed by atoms with Gasteiger partial charge in [-0.2, -0.15) is 0 Å². The lowest BCUT2D eigenvalue weighted by molar-refractivity contribution is -0.126. The number of rotatable bonds is 4. The summed E-state index contributed by atoms with van der Waals surface area (Å²) in [5.74, 6) is 1.34. The number of thioether (sulfide) groups is 1. The number of hydrogen-bond acceptors (Lipinski definition) is 4. The topological polar surface area (TPSA) is 70.2 Å². The average Bonchev–Trinajstić information content (AvgIpc) is 2.67. The van der Waals surface area contributed by atoms with Crippen LogP contribution in [0.4, 0.5) is 0 Å². The highest BCUT2D eigenvalue weighted by atomic mass is 32.2. The lowest BCUT2D eigenvalue weighted by Crippen LogP contribution is -2.45. The monoisotopic (exact) mass is 217 g/mol. The summed E-state index contributed by atoms with van der Waals surface area (Å²) in [6.45, 7) is 2.50. The van der Waals surface area contributed by atoms with Crippen LogP contribution in [0.5, 0.6) is 0 Å². The van der Waals surface area contributed by atoms with Crippen molar-refractivity contribution in [1.82, 2.24) is 16.0 Å². The Morgan fingerprint density at radius 1 is 1.50 bits per heavy atom. The van der Waals surface area contributed by atoms with Crippen LogP contribution in [0.1, 0.15) is 6.92 Å². The molecule has 5 nitrogen and oxygen atoms in total. The van der Waals surface area contributed by atoms with E-state index >= 15 is 0 Å². The molecule has 0 aromatic heterocycles. The summed E-state index contributed by atoms with van der Waals surface area (Å²) in [6.07, 6.45) is 0. The van der Waals surface area contributed by atoms with Crippen molar-refractivity contribution in [3.8, 4) is 0 Å². The standard InChI is InChI=1S/C8H15N3O2S/c1-2-9-7(12)3-10-8(13)6-4-14-5-11-6/h6,11H,2-5H2,1H3,(H,9,12)(H,10,13)/t6-/m1/s1. The minimum atomic E-state index is -0.147. The molecule has 0 spiro atoms. The fourth-order valence-electron chi connectivity index (χ4n) is 1.11. The molecule has 0 unspecified atom stereocenters. The first kappa shape index (κ1) is 11.3. The molecule has 1 aliphatic rings. The third-order valence-corrected chi connectivity index (χ3v) is 2.77. The first-order valence-corrected chi connectivity index (χ1v) is 5.75. The zero-order valence-electron chi connectivity index (χ0n) is 8.13. The predicted molar refractivity (Wildman–Crippen MR) is 55.9 cm³/mol. The van der Waals surface area contributed by atoms with E-state index in [1.54, 1.807) is 11.8 Å². The Morgan fingerprint density at radius 3 is 2.86 bits per heavy atom. The minimum Gasteiger partial charge on any atom is -0.355 e. The van der Waals surface area contributed by atoms with Crippen LogP contribution in [0, 0.1) is 0 Å². The van der Waals surface area contributed by atoms with Gasteiger partial charge in [-0.3, -0.25) is 14.9 Å². The molecule has 1 heterocycles. The van der Waals surface area contributed by atoms with Gasteiger partial charge in [0.1, 0.15) is 0 Å². The molecule has 1 aliphatic heterocycles. The highest BCUT2D eigenvalue weighted by molar-refractivity contribution is 7.99. The van der Waals surface area contributed by atoms with Gasteiger partial charge in [-0.15, -0.1) is 11.8 Å². The molecular weight excluding hydrogens is 202 g/mol. The number of likely N-dealkylation sites (N-methyl/N-ethyl adjacent to an activating group) is 1. The molecule has 0 aliphatic carbocycles. The van der Waals surface area contributed by atoms with Gasteiger partial charge in [-0.05, 0) is 6.92 Å². The highest BCUT2D eigenvalue weighted by Crippen LogP contribution is 2.08. The van der Waals surface area contributed by atoms with Gasteiger partial charge in [0.15, 0.2) is 0 Å². The number of amides is 2. The van der Waals surface area contributed by atoms with Crippen LogP contribution in [0.3, 0.4) is 0 Å². The summed E-state index contributed by atoms with van der Waals surface area (Å²) in [4.78, 5) is 22.4. The number of nitrogens with one attached hydrogen (secondary N) is 3. The van der Waals surface area contributed by atoms with Crippen molar-refractivity contribution < 1.29 is 9.59 Å². The van der Waals surface area contributed by atoms with E-state index < -0.39 is 0 Å². The fraction of sp³-hybridized carbons (Fsp3) is 0.750. The molecule has 0 saturated carbocycles. The number of carbonyl (C=O) groups excluding carboxylic acids is 2. The maximum atomic E-state index is 11.4. The van der Waals surface area contributed by atoms with Crippen molar-refractivity contribution in [3.05, 3.63) is 0 Å². The molecule has 1 fully saturated rings. The lowest BCUT2D eigenvalue weighted by atomic mass is 10.3. The first-order valence-electron chi connectivity index (χ1n) is 4.59. The SMILES string of the molecule is CCNC(=O)CNC(=O)[C@H]1CSCN1. The van der Waals surface area contributed by atoms with Crippen LogP contribution in [0.25, 0.3) is 0 Å². The second-order valence-electron chi connectivity index (χ2n) is 2.94. The number of hydrogen-bond donors (Lipinski definition) is 3. The Morgan fingerprint density at radius 2 is 2.29 bits per heavy atom. The molecule has 0 radical (unpaired) electrons. The van der Waals surface area contributed by atoms with Gasteiger partial charge in [-0.25, -0.2) is 0 Å². The second kappa shape index (κ2) is 5.87. The molecule has 0 bridgehead atoms. The number of carbonyl (C=O) groups is 2. The van der Waals surface area contributed by atoms with Gasteiger partial charge in [0.05, 0.1) is 12.6 Å². The highest BCUT2D eigenvalue weighted by Gasteiger charge is 2.22. The van der Waals surface area contributed by atoms with Gasteiger partial charge >= 0.3 is 0 Å². The van der Waals surface area contributed by atoms with E-state index in [0.717, 1.165) is 11.6 Å². The van der Waals surface area contributed by atoms with Crippen LogP contribution < -0.4 is 16.0 Å². The van der Waals surface area contributed by atoms with Gasteiger partial charge < -0.3 is 10.6 Å².